The van der Waals surface area contributed by atoms with Crippen molar-refractivity contribution in [2.45, 2.75) is 57.2 Å². The van der Waals surface area contributed by atoms with Gasteiger partial charge in [0.2, 0.25) is 0 Å². The summed E-state index contributed by atoms with van der Waals surface area (Å²) in [6, 6.07) is 14.2. The quantitative estimate of drug-likeness (QED) is 0.266. The molecule has 2 fully saturated rings. The number of anilines is 2. The van der Waals surface area contributed by atoms with E-state index in [0.29, 0.717) is 10.9 Å². The number of amides is 1. The van der Waals surface area contributed by atoms with E-state index in [9.17, 15) is 4.79 Å². The predicted octanol–water partition coefficient (Wildman–Crippen LogP) is 5.86. The molecular formula is C30H37ClN6O2. The smallest absolute Gasteiger partial charge is 0.407 e. The number of halogens is 1. The van der Waals surface area contributed by atoms with E-state index in [4.69, 9.17) is 16.3 Å². The van der Waals surface area contributed by atoms with Gasteiger partial charge < -0.3 is 26.0 Å². The molecule has 1 aliphatic carbocycles. The van der Waals surface area contributed by atoms with Crippen LogP contribution >= 0.6 is 11.6 Å². The van der Waals surface area contributed by atoms with Crippen molar-refractivity contribution in [1.82, 2.24) is 20.6 Å². The van der Waals surface area contributed by atoms with Crippen LogP contribution < -0.4 is 21.3 Å². The second kappa shape index (κ2) is 13.6. The Bertz CT molecular complexity index is 1210. The molecule has 0 bridgehead atoms. The maximum absolute atomic E-state index is 12.2. The molecule has 39 heavy (non-hydrogen) atoms. The van der Waals surface area contributed by atoms with E-state index in [1.54, 1.807) is 6.20 Å². The highest BCUT2D eigenvalue weighted by Gasteiger charge is 2.23. The molecular weight excluding hydrogens is 512 g/mol. The van der Waals surface area contributed by atoms with Crippen LogP contribution in [0.2, 0.25) is 5.02 Å². The number of nitrogens with one attached hydrogen (secondary N) is 4. The van der Waals surface area contributed by atoms with E-state index in [1.165, 1.54) is 12.8 Å². The number of benzene rings is 1. The maximum atomic E-state index is 12.2. The lowest BCUT2D eigenvalue weighted by Crippen LogP contribution is -2.40. The highest BCUT2D eigenvalue weighted by atomic mass is 35.5. The third-order valence-electron chi connectivity index (χ3n) is 7.57. The summed E-state index contributed by atoms with van der Waals surface area (Å²) in [5.74, 6) is 1.47. The molecule has 1 aromatic carbocycles. The molecule has 0 radical (unpaired) electrons. The van der Waals surface area contributed by atoms with Crippen LogP contribution in [0.5, 0.6) is 0 Å². The second-order valence-electron chi connectivity index (χ2n) is 10.5. The number of nitrogens with zero attached hydrogens (tertiary/aromatic N) is 2. The molecule has 0 spiro atoms. The van der Waals surface area contributed by atoms with Crippen LogP contribution in [0.1, 0.15) is 44.1 Å². The number of hydrogen-bond donors (Lipinski definition) is 4. The molecule has 1 saturated carbocycles. The molecule has 3 heterocycles. The lowest BCUT2D eigenvalue weighted by atomic mass is 9.91. The second-order valence-corrected chi connectivity index (χ2v) is 10.9. The summed E-state index contributed by atoms with van der Waals surface area (Å²) in [5.41, 5.74) is 3.85. The Morgan fingerprint density at radius 2 is 1.74 bits per heavy atom. The Morgan fingerprint density at radius 1 is 0.974 bits per heavy atom. The van der Waals surface area contributed by atoms with Crippen molar-refractivity contribution in [3.63, 3.8) is 0 Å². The third kappa shape index (κ3) is 8.07. The molecule has 1 saturated heterocycles. The van der Waals surface area contributed by atoms with Crippen LogP contribution in [0.3, 0.4) is 0 Å². The van der Waals surface area contributed by atoms with Crippen LogP contribution in [0.25, 0.3) is 11.1 Å². The van der Waals surface area contributed by atoms with Gasteiger partial charge in [0.15, 0.2) is 0 Å². The summed E-state index contributed by atoms with van der Waals surface area (Å²) in [7, 11) is 0. The van der Waals surface area contributed by atoms with E-state index in [-0.39, 0.29) is 24.8 Å². The van der Waals surface area contributed by atoms with Crippen LogP contribution in [0, 0.1) is 5.92 Å². The summed E-state index contributed by atoms with van der Waals surface area (Å²) < 4.78 is 5.37. The van der Waals surface area contributed by atoms with E-state index < -0.39 is 0 Å². The van der Waals surface area contributed by atoms with Gasteiger partial charge in [-0.15, -0.1) is 0 Å². The van der Waals surface area contributed by atoms with Crippen LogP contribution in [-0.4, -0.2) is 47.8 Å². The van der Waals surface area contributed by atoms with Gasteiger partial charge in [-0.05, 0) is 75.2 Å². The molecule has 8 nitrogen and oxygen atoms in total. The van der Waals surface area contributed by atoms with E-state index >= 15 is 0 Å². The molecule has 3 aromatic rings. The maximum Gasteiger partial charge on any atom is 0.407 e. The fraction of sp³-hybridized carbons (Fsp3) is 0.433. The number of carbonyl (C=O) groups is 1. The lowest BCUT2D eigenvalue weighted by molar-refractivity contribution is 0.132. The van der Waals surface area contributed by atoms with Crippen molar-refractivity contribution in [2.75, 3.05) is 30.3 Å². The van der Waals surface area contributed by atoms with Crippen LogP contribution in [0.4, 0.5) is 16.3 Å². The number of alkyl carbamates (subject to hydrolysis) is 1. The van der Waals surface area contributed by atoms with E-state index in [0.717, 1.165) is 73.5 Å². The lowest BCUT2D eigenvalue weighted by Gasteiger charge is -2.29. The Labute approximate surface area is 235 Å². The summed E-state index contributed by atoms with van der Waals surface area (Å²) in [6.07, 6.45) is 11.1. The summed E-state index contributed by atoms with van der Waals surface area (Å²) >= 11 is 6.56. The first-order chi connectivity index (χ1) is 19.1. The zero-order chi connectivity index (χ0) is 26.9. The fourth-order valence-electron chi connectivity index (χ4n) is 5.29. The van der Waals surface area contributed by atoms with Gasteiger partial charge in [0, 0.05) is 48.3 Å². The number of ether oxygens (including phenoxy) is 1. The van der Waals surface area contributed by atoms with Gasteiger partial charge in [-0.1, -0.05) is 41.9 Å². The van der Waals surface area contributed by atoms with Gasteiger partial charge in [0.05, 0.1) is 10.7 Å². The average Bonchev–Trinajstić information content (AvgIpc) is 2.98. The molecule has 1 amide bonds. The topological polar surface area (TPSA) is 100 Å². The van der Waals surface area contributed by atoms with Crippen molar-refractivity contribution >= 4 is 29.2 Å². The van der Waals surface area contributed by atoms with Crippen molar-refractivity contribution in [1.29, 1.82) is 0 Å². The molecule has 1 aliphatic heterocycles. The Balaban J connectivity index is 1.11. The van der Waals surface area contributed by atoms with Crippen molar-refractivity contribution < 1.29 is 9.53 Å². The standard InChI is InChI=1S/C30H37ClN6O2/c31-28-19-35-29(15-27(28)23-14-26(18-33-17-23)34-16-21-10-12-32-13-11-21)36-24-6-8-25(9-7-24)37-30(38)39-20-22-4-2-1-3-5-22/h1-5,14-15,17-19,21,24-25,32,34H,6-13,16,20H2,(H,35,36)(H,37,38)/t24-,25-. The fourth-order valence-corrected chi connectivity index (χ4v) is 5.51. The molecule has 9 heteroatoms. The van der Waals surface area contributed by atoms with Gasteiger partial charge in [-0.2, -0.15) is 0 Å². The van der Waals surface area contributed by atoms with Crippen molar-refractivity contribution in [3.8, 4) is 11.1 Å². The highest BCUT2D eigenvalue weighted by molar-refractivity contribution is 6.33. The van der Waals surface area contributed by atoms with Crippen molar-refractivity contribution in [3.05, 3.63) is 71.6 Å². The number of pyridine rings is 2. The number of hydrogen-bond acceptors (Lipinski definition) is 7. The monoisotopic (exact) mass is 548 g/mol. The van der Waals surface area contributed by atoms with Gasteiger partial charge in [-0.25, -0.2) is 9.78 Å². The SMILES string of the molecule is O=C(N[C@H]1CC[C@H](Nc2cc(-c3cncc(NCC4CCNCC4)c3)c(Cl)cn2)CC1)OCc1ccccc1. The first-order valence-corrected chi connectivity index (χ1v) is 14.3. The molecule has 4 N–H and O–H groups in total. The third-order valence-corrected chi connectivity index (χ3v) is 7.87. The minimum absolute atomic E-state index is 0.117. The first kappa shape index (κ1) is 27.2. The minimum atomic E-state index is -0.361. The summed E-state index contributed by atoms with van der Waals surface area (Å²) in [6.45, 7) is 3.41. The Kier molecular flexibility index (Phi) is 9.51. The zero-order valence-corrected chi connectivity index (χ0v) is 22.9. The first-order valence-electron chi connectivity index (χ1n) is 13.9. The van der Waals surface area contributed by atoms with Gasteiger partial charge in [0.1, 0.15) is 12.4 Å². The van der Waals surface area contributed by atoms with Gasteiger partial charge in [-0.3, -0.25) is 4.98 Å². The molecule has 0 atom stereocenters. The molecule has 0 unspecified atom stereocenters. The van der Waals surface area contributed by atoms with Crippen LogP contribution in [0.15, 0.2) is 61.1 Å². The average molecular weight is 549 g/mol. The molecule has 2 aliphatic rings. The zero-order valence-electron chi connectivity index (χ0n) is 22.2. The van der Waals surface area contributed by atoms with Gasteiger partial charge in [0.25, 0.3) is 0 Å². The Hall–Kier alpha value is -3.36. The Morgan fingerprint density at radius 3 is 2.54 bits per heavy atom. The number of rotatable bonds is 9. The molecule has 5 rings (SSSR count). The number of aromatic nitrogens is 2. The van der Waals surface area contributed by atoms with E-state index in [2.05, 4.69) is 37.3 Å². The predicted molar refractivity (Wildman–Crippen MR) is 156 cm³/mol. The normalized spacial score (nSPS) is 19.7. The van der Waals surface area contributed by atoms with E-state index in [1.807, 2.05) is 48.8 Å². The molecule has 2 aromatic heterocycles. The van der Waals surface area contributed by atoms with Crippen molar-refractivity contribution in [2.24, 2.45) is 5.92 Å². The van der Waals surface area contributed by atoms with Crippen LogP contribution in [-0.2, 0) is 11.3 Å². The summed E-state index contributed by atoms with van der Waals surface area (Å²) in [5, 5.41) is 14.1. The number of carbonyl (C=O) groups excluding carboxylic acids is 1. The minimum Gasteiger partial charge on any atom is -0.445 e. The summed E-state index contributed by atoms with van der Waals surface area (Å²) in [4.78, 5) is 21.2. The largest absolute Gasteiger partial charge is 0.445 e. The number of piperidine rings is 1. The highest BCUT2D eigenvalue weighted by Crippen LogP contribution is 2.31. The van der Waals surface area contributed by atoms with Gasteiger partial charge >= 0.3 is 6.09 Å². The molecule has 206 valence electrons.